The molecule has 2 aromatic rings. The number of phenolic OH excluding ortho intramolecular Hbond substituents is 1. The molecule has 0 amide bonds. The first kappa shape index (κ1) is 12.2. The zero-order valence-electron chi connectivity index (χ0n) is 9.58. The van der Waals surface area contributed by atoms with E-state index in [0.29, 0.717) is 5.69 Å². The van der Waals surface area contributed by atoms with Crippen molar-refractivity contribution >= 4 is 11.4 Å². The van der Waals surface area contributed by atoms with Crippen LogP contribution in [0.2, 0.25) is 0 Å². The number of hydrogen-bond acceptors (Lipinski definition) is 3. The minimum absolute atomic E-state index is 0.118. The van der Waals surface area contributed by atoms with Crippen LogP contribution in [0.5, 0.6) is 11.5 Å². The summed E-state index contributed by atoms with van der Waals surface area (Å²) in [6.45, 7) is 0. The second-order valence-electron chi connectivity index (χ2n) is 3.65. The van der Waals surface area contributed by atoms with E-state index in [1.165, 1.54) is 19.2 Å². The van der Waals surface area contributed by atoms with Crippen LogP contribution in [-0.4, -0.2) is 12.2 Å². The number of nitrogens with one attached hydrogen (secondary N) is 1. The Morgan fingerprint density at radius 2 is 1.56 bits per heavy atom. The summed E-state index contributed by atoms with van der Waals surface area (Å²) in [5, 5.41) is 11.9. The Morgan fingerprint density at radius 1 is 1.00 bits per heavy atom. The first-order valence-electron chi connectivity index (χ1n) is 5.19. The number of benzene rings is 2. The van der Waals surface area contributed by atoms with Crippen molar-refractivity contribution in [1.29, 1.82) is 0 Å². The van der Waals surface area contributed by atoms with Gasteiger partial charge in [-0.15, -0.1) is 0 Å². The molecule has 3 nitrogen and oxygen atoms in total. The summed E-state index contributed by atoms with van der Waals surface area (Å²) in [7, 11) is 1.20. The fourth-order valence-corrected chi connectivity index (χ4v) is 1.54. The van der Waals surface area contributed by atoms with Gasteiger partial charge in [0.25, 0.3) is 0 Å². The maximum absolute atomic E-state index is 13.4. The third-order valence-electron chi connectivity index (χ3n) is 2.36. The third-order valence-corrected chi connectivity index (χ3v) is 2.36. The van der Waals surface area contributed by atoms with E-state index in [1.54, 1.807) is 12.1 Å². The Kier molecular flexibility index (Phi) is 3.32. The van der Waals surface area contributed by atoms with Crippen molar-refractivity contribution in [2.75, 3.05) is 12.4 Å². The first-order chi connectivity index (χ1) is 8.60. The molecule has 94 valence electrons. The summed E-state index contributed by atoms with van der Waals surface area (Å²) in [6.07, 6.45) is 0. The maximum atomic E-state index is 13.4. The van der Waals surface area contributed by atoms with Crippen molar-refractivity contribution in [3.8, 4) is 11.5 Å². The van der Waals surface area contributed by atoms with Gasteiger partial charge in [-0.05, 0) is 24.3 Å². The van der Waals surface area contributed by atoms with E-state index in [1.807, 2.05) is 0 Å². The molecule has 0 aromatic heterocycles. The highest BCUT2D eigenvalue weighted by molar-refractivity contribution is 5.61. The highest BCUT2D eigenvalue weighted by Gasteiger charge is 2.11. The van der Waals surface area contributed by atoms with Gasteiger partial charge in [0.05, 0.1) is 7.11 Å². The van der Waals surface area contributed by atoms with Gasteiger partial charge in [0.2, 0.25) is 0 Å². The van der Waals surface area contributed by atoms with Crippen molar-refractivity contribution in [3.05, 3.63) is 48.0 Å². The lowest BCUT2D eigenvalue weighted by Gasteiger charge is -2.09. The van der Waals surface area contributed by atoms with Crippen LogP contribution in [0.1, 0.15) is 0 Å². The molecule has 0 saturated carbocycles. The molecule has 2 rings (SSSR count). The largest absolute Gasteiger partial charge is 0.508 e. The lowest BCUT2D eigenvalue weighted by Crippen LogP contribution is -1.96. The minimum Gasteiger partial charge on any atom is -0.508 e. The van der Waals surface area contributed by atoms with Crippen molar-refractivity contribution in [3.63, 3.8) is 0 Å². The van der Waals surface area contributed by atoms with Crippen LogP contribution in [-0.2, 0) is 0 Å². The average Bonchev–Trinajstić information content (AvgIpc) is 2.32. The van der Waals surface area contributed by atoms with Crippen molar-refractivity contribution < 1.29 is 18.6 Å². The summed E-state index contributed by atoms with van der Waals surface area (Å²) in [5.74, 6) is -1.85. The van der Waals surface area contributed by atoms with Gasteiger partial charge in [0.1, 0.15) is 5.75 Å². The van der Waals surface area contributed by atoms with Crippen LogP contribution < -0.4 is 10.1 Å². The Bertz CT molecular complexity index is 532. The number of halogens is 2. The zero-order chi connectivity index (χ0) is 13.1. The molecule has 0 spiro atoms. The number of hydrogen-bond donors (Lipinski definition) is 2. The fourth-order valence-electron chi connectivity index (χ4n) is 1.54. The highest BCUT2D eigenvalue weighted by atomic mass is 19.1. The van der Waals surface area contributed by atoms with Crippen LogP contribution in [0.25, 0.3) is 0 Å². The van der Waals surface area contributed by atoms with E-state index in [0.717, 1.165) is 12.1 Å². The molecular weight excluding hydrogens is 240 g/mol. The average molecular weight is 251 g/mol. The van der Waals surface area contributed by atoms with Gasteiger partial charge >= 0.3 is 0 Å². The van der Waals surface area contributed by atoms with Crippen molar-refractivity contribution in [1.82, 2.24) is 0 Å². The zero-order valence-corrected chi connectivity index (χ0v) is 9.58. The van der Waals surface area contributed by atoms with E-state index in [9.17, 15) is 8.78 Å². The minimum atomic E-state index is -0.779. The van der Waals surface area contributed by atoms with Gasteiger partial charge in [0, 0.05) is 23.5 Å². The molecule has 0 radical (unpaired) electrons. The summed E-state index contributed by atoms with van der Waals surface area (Å²) < 4.78 is 31.5. The van der Waals surface area contributed by atoms with Crippen LogP contribution in [0.15, 0.2) is 36.4 Å². The lowest BCUT2D eigenvalue weighted by molar-refractivity contribution is 0.360. The van der Waals surface area contributed by atoms with E-state index in [-0.39, 0.29) is 11.4 Å². The molecule has 0 heterocycles. The van der Waals surface area contributed by atoms with Crippen molar-refractivity contribution in [2.24, 2.45) is 0 Å². The van der Waals surface area contributed by atoms with Gasteiger partial charge < -0.3 is 15.2 Å². The van der Waals surface area contributed by atoms with Crippen LogP contribution >= 0.6 is 0 Å². The van der Waals surface area contributed by atoms with Crippen LogP contribution in [0, 0.1) is 11.6 Å². The van der Waals surface area contributed by atoms with Crippen LogP contribution in [0.4, 0.5) is 20.2 Å². The predicted octanol–water partition coefficient (Wildman–Crippen LogP) is 3.42. The van der Waals surface area contributed by atoms with E-state index in [4.69, 9.17) is 5.11 Å². The third kappa shape index (κ3) is 2.51. The molecule has 0 fully saturated rings. The van der Waals surface area contributed by atoms with Gasteiger partial charge in [-0.25, -0.2) is 8.78 Å². The second-order valence-corrected chi connectivity index (χ2v) is 3.65. The summed E-state index contributed by atoms with van der Waals surface area (Å²) in [4.78, 5) is 0. The standard InChI is InChI=1S/C13H11F2NO2/c1-18-13-11(14)6-9(7-12(13)15)16-8-2-4-10(17)5-3-8/h2-7,16-17H,1H3. The Morgan fingerprint density at radius 3 is 2.06 bits per heavy atom. The molecule has 0 aliphatic carbocycles. The molecule has 0 bridgehead atoms. The van der Waals surface area contributed by atoms with Gasteiger partial charge in [-0.1, -0.05) is 0 Å². The first-order valence-corrected chi connectivity index (χ1v) is 5.19. The number of methoxy groups -OCH3 is 1. The molecule has 0 atom stereocenters. The normalized spacial score (nSPS) is 10.2. The number of rotatable bonds is 3. The Balaban J connectivity index is 2.27. The smallest absolute Gasteiger partial charge is 0.190 e. The van der Waals surface area contributed by atoms with E-state index >= 15 is 0 Å². The molecular formula is C13H11F2NO2. The topological polar surface area (TPSA) is 41.5 Å². The fraction of sp³-hybridized carbons (Fsp3) is 0.0769. The molecule has 2 N–H and O–H groups in total. The number of ether oxygens (including phenoxy) is 1. The van der Waals surface area contributed by atoms with Gasteiger partial charge in [-0.2, -0.15) is 0 Å². The maximum Gasteiger partial charge on any atom is 0.190 e. The summed E-state index contributed by atoms with van der Waals surface area (Å²) in [6, 6.07) is 8.39. The Labute approximate surface area is 103 Å². The van der Waals surface area contributed by atoms with E-state index in [2.05, 4.69) is 10.1 Å². The monoisotopic (exact) mass is 251 g/mol. The molecule has 18 heavy (non-hydrogen) atoms. The molecule has 0 aliphatic heterocycles. The number of anilines is 2. The summed E-state index contributed by atoms with van der Waals surface area (Å²) in [5.41, 5.74) is 0.869. The number of phenols is 1. The highest BCUT2D eigenvalue weighted by Crippen LogP contribution is 2.27. The van der Waals surface area contributed by atoms with Gasteiger partial charge in [0.15, 0.2) is 17.4 Å². The quantitative estimate of drug-likeness (QED) is 0.821. The molecule has 2 aromatic carbocycles. The number of aromatic hydroxyl groups is 1. The summed E-state index contributed by atoms with van der Waals surface area (Å²) >= 11 is 0. The SMILES string of the molecule is COc1c(F)cc(Nc2ccc(O)cc2)cc1F. The van der Waals surface area contributed by atoms with E-state index < -0.39 is 17.4 Å². The second kappa shape index (κ2) is 4.91. The Hall–Kier alpha value is -2.30. The van der Waals surface area contributed by atoms with Gasteiger partial charge in [-0.3, -0.25) is 0 Å². The predicted molar refractivity (Wildman–Crippen MR) is 64.3 cm³/mol. The van der Waals surface area contributed by atoms with Crippen molar-refractivity contribution in [2.45, 2.75) is 0 Å². The molecule has 0 saturated heterocycles. The van der Waals surface area contributed by atoms with Crippen LogP contribution in [0.3, 0.4) is 0 Å². The molecule has 0 aliphatic rings. The lowest BCUT2D eigenvalue weighted by atomic mass is 10.2. The molecule has 5 heteroatoms. The molecule has 0 unspecified atom stereocenters.